The summed E-state index contributed by atoms with van der Waals surface area (Å²) in [5, 5.41) is 11.8. The molecule has 28 heavy (non-hydrogen) atoms. The van der Waals surface area contributed by atoms with Crippen molar-refractivity contribution in [2.45, 2.75) is 13.1 Å². The summed E-state index contributed by atoms with van der Waals surface area (Å²) in [4.78, 5) is 29.3. The number of aromatic nitrogens is 1. The first-order chi connectivity index (χ1) is 13.6. The molecule has 1 heterocycles. The van der Waals surface area contributed by atoms with Gasteiger partial charge in [-0.05, 0) is 17.2 Å². The van der Waals surface area contributed by atoms with Crippen LogP contribution in [0.5, 0.6) is 0 Å². The highest BCUT2D eigenvalue weighted by atomic mass is 16.6. The Labute approximate surface area is 162 Å². The number of methoxy groups -OCH3 is 1. The molecule has 142 valence electrons. The molecule has 0 unspecified atom stereocenters. The normalized spacial score (nSPS) is 10.3. The van der Waals surface area contributed by atoms with E-state index in [0.717, 1.165) is 11.1 Å². The summed E-state index contributed by atoms with van der Waals surface area (Å²) in [6.07, 6.45) is 1.39. The molecule has 0 saturated carbocycles. The molecule has 0 bridgehead atoms. The number of hydrogen-bond donors (Lipinski definition) is 0. The van der Waals surface area contributed by atoms with Crippen molar-refractivity contribution in [3.63, 3.8) is 0 Å². The molecule has 0 atom stereocenters. The molecule has 3 aromatic rings. The van der Waals surface area contributed by atoms with Crippen LogP contribution in [0, 0.1) is 10.1 Å². The number of carbonyl (C=O) groups excluding carboxylic acids is 1. The summed E-state index contributed by atoms with van der Waals surface area (Å²) in [6.45, 7) is 0.794. The van der Waals surface area contributed by atoms with Crippen molar-refractivity contribution < 1.29 is 14.5 Å². The van der Waals surface area contributed by atoms with Crippen LogP contribution in [0.1, 0.15) is 21.5 Å². The van der Waals surface area contributed by atoms with Crippen LogP contribution in [-0.2, 0) is 17.8 Å². The molecule has 1 aromatic heterocycles. The summed E-state index contributed by atoms with van der Waals surface area (Å²) in [5.41, 5.74) is 1.46. The van der Waals surface area contributed by atoms with Gasteiger partial charge in [-0.25, -0.2) is 9.78 Å². The van der Waals surface area contributed by atoms with Crippen molar-refractivity contribution in [2.75, 3.05) is 12.0 Å². The molecule has 0 saturated heterocycles. The van der Waals surface area contributed by atoms with Crippen LogP contribution in [-0.4, -0.2) is 23.0 Å². The minimum absolute atomic E-state index is 0.122. The summed E-state index contributed by atoms with van der Waals surface area (Å²) < 4.78 is 4.71. The summed E-state index contributed by atoms with van der Waals surface area (Å²) in [7, 11) is 1.19. The van der Waals surface area contributed by atoms with Gasteiger partial charge in [0.05, 0.1) is 12.0 Å². The van der Waals surface area contributed by atoms with Gasteiger partial charge in [-0.15, -0.1) is 0 Å². The molecule has 0 N–H and O–H groups in total. The van der Waals surface area contributed by atoms with Crippen LogP contribution in [0.15, 0.2) is 72.9 Å². The summed E-state index contributed by atoms with van der Waals surface area (Å²) >= 11 is 0. The Balaban J connectivity index is 2.09. The Morgan fingerprint density at radius 2 is 1.54 bits per heavy atom. The summed E-state index contributed by atoms with van der Waals surface area (Å²) in [5.74, 6) is -0.643. The number of rotatable bonds is 7. The first-order valence-corrected chi connectivity index (χ1v) is 8.64. The van der Waals surface area contributed by atoms with E-state index in [-0.39, 0.29) is 17.1 Å². The maximum Gasteiger partial charge on any atom is 0.345 e. The van der Waals surface area contributed by atoms with Gasteiger partial charge in [-0.2, -0.15) is 0 Å². The van der Waals surface area contributed by atoms with E-state index in [9.17, 15) is 14.9 Å². The van der Waals surface area contributed by atoms with Gasteiger partial charge in [-0.1, -0.05) is 60.7 Å². The first-order valence-electron chi connectivity index (χ1n) is 8.64. The van der Waals surface area contributed by atoms with Gasteiger partial charge in [0.2, 0.25) is 5.82 Å². The van der Waals surface area contributed by atoms with Crippen LogP contribution in [0.3, 0.4) is 0 Å². The number of nitro groups is 1. The number of pyridine rings is 1. The van der Waals surface area contributed by atoms with Crippen molar-refractivity contribution in [1.29, 1.82) is 0 Å². The molecule has 0 radical (unpaired) electrons. The van der Waals surface area contributed by atoms with Crippen molar-refractivity contribution in [2.24, 2.45) is 0 Å². The fraction of sp³-hybridized carbons (Fsp3) is 0.143. The van der Waals surface area contributed by atoms with E-state index >= 15 is 0 Å². The zero-order chi connectivity index (χ0) is 19.9. The van der Waals surface area contributed by atoms with Crippen molar-refractivity contribution in [3.8, 4) is 0 Å². The van der Waals surface area contributed by atoms with Crippen molar-refractivity contribution >= 4 is 17.5 Å². The molecule has 7 heteroatoms. The maximum absolute atomic E-state index is 12.1. The molecule has 0 amide bonds. The third-order valence-electron chi connectivity index (χ3n) is 4.22. The molecule has 3 rings (SSSR count). The minimum atomic E-state index is -0.769. The molecule has 0 aliphatic heterocycles. The Morgan fingerprint density at radius 1 is 1.00 bits per heavy atom. The molecule has 0 aliphatic carbocycles. The zero-order valence-electron chi connectivity index (χ0n) is 15.3. The highest BCUT2D eigenvalue weighted by Gasteiger charge is 2.29. The minimum Gasteiger partial charge on any atom is -0.465 e. The molecule has 2 aromatic carbocycles. The second-order valence-electron chi connectivity index (χ2n) is 6.11. The van der Waals surface area contributed by atoms with Gasteiger partial charge in [0.15, 0.2) is 0 Å². The second-order valence-corrected chi connectivity index (χ2v) is 6.11. The number of benzene rings is 2. The van der Waals surface area contributed by atoms with Crippen LogP contribution in [0.4, 0.5) is 11.5 Å². The van der Waals surface area contributed by atoms with E-state index in [1.807, 2.05) is 60.7 Å². The van der Waals surface area contributed by atoms with Crippen LogP contribution < -0.4 is 4.90 Å². The Morgan fingerprint density at radius 3 is 2.00 bits per heavy atom. The fourth-order valence-electron chi connectivity index (χ4n) is 2.94. The standard InChI is InChI=1S/C21H19N3O4/c1-28-21(25)18-12-13-22-20(19(18)24(26)27)23(14-16-8-4-2-5-9-16)15-17-10-6-3-7-11-17/h2-13H,14-15H2,1H3. The van der Waals surface area contributed by atoms with E-state index in [2.05, 4.69) is 4.98 Å². The lowest BCUT2D eigenvalue weighted by molar-refractivity contribution is -0.384. The third kappa shape index (κ3) is 4.32. The highest BCUT2D eigenvalue weighted by Crippen LogP contribution is 2.32. The third-order valence-corrected chi connectivity index (χ3v) is 4.22. The van der Waals surface area contributed by atoms with Gasteiger partial charge in [0.1, 0.15) is 5.56 Å². The summed E-state index contributed by atoms with van der Waals surface area (Å²) in [6, 6.07) is 20.5. The molecule has 7 nitrogen and oxygen atoms in total. The van der Waals surface area contributed by atoms with Crippen LogP contribution in [0.25, 0.3) is 0 Å². The lowest BCUT2D eigenvalue weighted by Gasteiger charge is -2.24. The monoisotopic (exact) mass is 377 g/mol. The predicted molar refractivity (Wildman–Crippen MR) is 105 cm³/mol. The Bertz CT molecular complexity index is 920. The number of anilines is 1. The van der Waals surface area contributed by atoms with E-state index in [4.69, 9.17) is 4.74 Å². The van der Waals surface area contributed by atoms with Crippen LogP contribution in [0.2, 0.25) is 0 Å². The van der Waals surface area contributed by atoms with E-state index < -0.39 is 10.9 Å². The fourth-order valence-corrected chi connectivity index (χ4v) is 2.94. The number of nitrogens with zero attached hydrogens (tertiary/aromatic N) is 3. The maximum atomic E-state index is 12.1. The van der Waals surface area contributed by atoms with Crippen molar-refractivity contribution in [1.82, 2.24) is 4.98 Å². The lowest BCUT2D eigenvalue weighted by atomic mass is 10.1. The first kappa shape index (κ1) is 19.0. The van der Waals surface area contributed by atoms with Gasteiger partial charge < -0.3 is 9.64 Å². The highest BCUT2D eigenvalue weighted by molar-refractivity contribution is 5.96. The topological polar surface area (TPSA) is 85.6 Å². The number of ether oxygens (including phenoxy) is 1. The number of esters is 1. The average Bonchev–Trinajstić information content (AvgIpc) is 2.73. The lowest BCUT2D eigenvalue weighted by Crippen LogP contribution is -2.25. The molecule has 0 aliphatic rings. The molecular weight excluding hydrogens is 358 g/mol. The molecule has 0 fully saturated rings. The van der Waals surface area contributed by atoms with E-state index in [1.54, 1.807) is 4.90 Å². The van der Waals surface area contributed by atoms with E-state index in [1.165, 1.54) is 19.4 Å². The smallest absolute Gasteiger partial charge is 0.345 e. The van der Waals surface area contributed by atoms with Gasteiger partial charge in [0.25, 0.3) is 0 Å². The average molecular weight is 377 g/mol. The zero-order valence-corrected chi connectivity index (χ0v) is 15.3. The number of hydrogen-bond acceptors (Lipinski definition) is 6. The van der Waals surface area contributed by atoms with Crippen molar-refractivity contribution in [3.05, 3.63) is 99.7 Å². The van der Waals surface area contributed by atoms with Gasteiger partial charge in [-0.3, -0.25) is 10.1 Å². The number of carbonyl (C=O) groups is 1. The molecular formula is C21H19N3O4. The molecule has 0 spiro atoms. The Hall–Kier alpha value is -3.74. The Kier molecular flexibility index (Phi) is 5.96. The largest absolute Gasteiger partial charge is 0.465 e. The van der Waals surface area contributed by atoms with Gasteiger partial charge in [0, 0.05) is 19.3 Å². The van der Waals surface area contributed by atoms with Crippen LogP contribution >= 0.6 is 0 Å². The predicted octanol–water partition coefficient (Wildman–Crippen LogP) is 3.98. The van der Waals surface area contributed by atoms with E-state index in [0.29, 0.717) is 13.1 Å². The second kappa shape index (κ2) is 8.77. The van der Waals surface area contributed by atoms with Gasteiger partial charge >= 0.3 is 11.7 Å². The quantitative estimate of drug-likeness (QED) is 0.352. The SMILES string of the molecule is COC(=O)c1ccnc(N(Cc2ccccc2)Cc2ccccc2)c1[N+](=O)[O-].